The van der Waals surface area contributed by atoms with Gasteiger partial charge in [-0.1, -0.05) is 17.4 Å². The van der Waals surface area contributed by atoms with Crippen LogP contribution >= 0.6 is 11.3 Å². The minimum atomic E-state index is -0.840. The summed E-state index contributed by atoms with van der Waals surface area (Å²) in [6.45, 7) is 1.00. The Kier molecular flexibility index (Phi) is 5.02. The van der Waals surface area contributed by atoms with Crippen molar-refractivity contribution >= 4 is 33.9 Å². The zero-order valence-electron chi connectivity index (χ0n) is 11.9. The maximum Gasteiger partial charge on any atom is 0.349 e. The van der Waals surface area contributed by atoms with Gasteiger partial charge in [0.2, 0.25) is 0 Å². The van der Waals surface area contributed by atoms with Crippen LogP contribution in [0.1, 0.15) is 15.2 Å². The van der Waals surface area contributed by atoms with Crippen molar-refractivity contribution in [2.45, 2.75) is 6.92 Å². The van der Waals surface area contributed by atoms with Crippen molar-refractivity contribution in [2.24, 2.45) is 0 Å². The Morgan fingerprint density at radius 3 is 2.70 bits per heavy atom. The van der Waals surface area contributed by atoms with Crippen molar-refractivity contribution in [3.05, 3.63) is 56.7 Å². The number of carbonyl (C=O) groups excluding carboxylic acids is 2. The highest BCUT2D eigenvalue weighted by molar-refractivity contribution is 7.17. The van der Waals surface area contributed by atoms with E-state index < -0.39 is 29.2 Å². The molecule has 1 heterocycles. The Morgan fingerprint density at radius 1 is 1.35 bits per heavy atom. The molecule has 0 saturated heterocycles. The number of thiophene rings is 1. The van der Waals surface area contributed by atoms with Gasteiger partial charge < -0.3 is 10.1 Å². The van der Waals surface area contributed by atoms with Crippen LogP contribution in [0.5, 0.6) is 0 Å². The summed E-state index contributed by atoms with van der Waals surface area (Å²) in [6.07, 6.45) is 0. The van der Waals surface area contributed by atoms with Gasteiger partial charge in [-0.05, 0) is 30.7 Å². The predicted octanol–water partition coefficient (Wildman–Crippen LogP) is 2.90. The number of benzene rings is 1. The molecule has 1 aromatic carbocycles. The third-order valence-electron chi connectivity index (χ3n) is 2.76. The van der Waals surface area contributed by atoms with E-state index in [-0.39, 0.29) is 15.6 Å². The molecule has 0 saturated carbocycles. The summed E-state index contributed by atoms with van der Waals surface area (Å²) in [4.78, 5) is 33.2. The van der Waals surface area contributed by atoms with Crippen molar-refractivity contribution in [1.82, 2.24) is 0 Å². The van der Waals surface area contributed by atoms with E-state index in [2.05, 4.69) is 5.32 Å². The standard InChI is InChI=1S/C14H11FN2O5S/c1-8-2-3-9(6-10(8)15)16-12(18)7-22-14(19)11-4-5-13(23-11)17(20)21/h2-6H,7H2,1H3,(H,16,18). The number of aryl methyl sites for hydroxylation is 1. The monoisotopic (exact) mass is 338 g/mol. The minimum absolute atomic E-state index is 0.0193. The summed E-state index contributed by atoms with van der Waals surface area (Å²) >= 11 is 0.653. The molecule has 0 atom stereocenters. The maximum absolute atomic E-state index is 13.3. The van der Waals surface area contributed by atoms with Crippen LogP contribution in [0, 0.1) is 22.9 Å². The van der Waals surface area contributed by atoms with Gasteiger partial charge in [-0.15, -0.1) is 0 Å². The first kappa shape index (κ1) is 16.6. The number of esters is 1. The van der Waals surface area contributed by atoms with Crippen LogP contribution in [0.25, 0.3) is 0 Å². The highest BCUT2D eigenvalue weighted by Crippen LogP contribution is 2.24. The molecule has 2 rings (SSSR count). The van der Waals surface area contributed by atoms with Crippen LogP contribution in [-0.2, 0) is 9.53 Å². The lowest BCUT2D eigenvalue weighted by Crippen LogP contribution is -2.20. The Labute approximate surface area is 133 Å². The SMILES string of the molecule is Cc1ccc(NC(=O)COC(=O)c2ccc([N+](=O)[O-])s2)cc1F. The molecule has 120 valence electrons. The van der Waals surface area contributed by atoms with Crippen molar-refractivity contribution in [3.8, 4) is 0 Å². The molecule has 0 unspecified atom stereocenters. The maximum atomic E-state index is 13.3. The molecule has 0 aliphatic heterocycles. The van der Waals surface area contributed by atoms with E-state index in [9.17, 15) is 24.1 Å². The largest absolute Gasteiger partial charge is 0.451 e. The highest BCUT2D eigenvalue weighted by Gasteiger charge is 2.17. The number of nitrogens with zero attached hydrogens (tertiary/aromatic N) is 1. The number of amides is 1. The zero-order valence-corrected chi connectivity index (χ0v) is 12.7. The van der Waals surface area contributed by atoms with Crippen molar-refractivity contribution in [2.75, 3.05) is 11.9 Å². The number of hydrogen-bond donors (Lipinski definition) is 1. The fraction of sp³-hybridized carbons (Fsp3) is 0.143. The Balaban J connectivity index is 1.89. The van der Waals surface area contributed by atoms with E-state index in [1.807, 2.05) is 0 Å². The van der Waals surface area contributed by atoms with Gasteiger partial charge in [-0.25, -0.2) is 9.18 Å². The van der Waals surface area contributed by atoms with E-state index in [1.165, 1.54) is 24.3 Å². The van der Waals surface area contributed by atoms with E-state index in [0.717, 1.165) is 6.07 Å². The van der Waals surface area contributed by atoms with Crippen molar-refractivity contribution in [1.29, 1.82) is 0 Å². The van der Waals surface area contributed by atoms with Gasteiger partial charge in [0.1, 0.15) is 10.7 Å². The number of ether oxygens (including phenoxy) is 1. The first-order chi connectivity index (χ1) is 10.9. The minimum Gasteiger partial charge on any atom is -0.451 e. The number of halogens is 1. The number of hydrogen-bond acceptors (Lipinski definition) is 6. The predicted molar refractivity (Wildman–Crippen MR) is 81.0 cm³/mol. The number of nitrogens with one attached hydrogen (secondary N) is 1. The highest BCUT2D eigenvalue weighted by atomic mass is 32.1. The fourth-order valence-corrected chi connectivity index (χ4v) is 2.32. The van der Waals surface area contributed by atoms with Gasteiger partial charge in [0.15, 0.2) is 6.61 Å². The molecule has 1 amide bonds. The van der Waals surface area contributed by atoms with Crippen LogP contribution in [0.3, 0.4) is 0 Å². The molecule has 0 radical (unpaired) electrons. The lowest BCUT2D eigenvalue weighted by molar-refractivity contribution is -0.380. The summed E-state index contributed by atoms with van der Waals surface area (Å²) < 4.78 is 18.1. The number of nitro groups is 1. The smallest absolute Gasteiger partial charge is 0.349 e. The lowest BCUT2D eigenvalue weighted by atomic mass is 10.2. The molecule has 1 N–H and O–H groups in total. The third kappa shape index (κ3) is 4.33. The second kappa shape index (κ2) is 6.97. The van der Waals surface area contributed by atoms with Crippen LogP contribution in [0.2, 0.25) is 0 Å². The van der Waals surface area contributed by atoms with Crippen LogP contribution in [0.4, 0.5) is 15.1 Å². The first-order valence-electron chi connectivity index (χ1n) is 6.34. The number of anilines is 1. The molecular formula is C14H11FN2O5S. The van der Waals surface area contributed by atoms with Gasteiger partial charge in [0, 0.05) is 11.8 Å². The molecule has 7 nitrogen and oxygen atoms in total. The molecule has 2 aromatic rings. The van der Waals surface area contributed by atoms with Gasteiger partial charge in [0.25, 0.3) is 5.91 Å². The molecule has 0 fully saturated rings. The third-order valence-corrected chi connectivity index (χ3v) is 3.78. The van der Waals surface area contributed by atoms with Gasteiger partial charge in [0.05, 0.1) is 4.92 Å². The Morgan fingerprint density at radius 2 is 2.09 bits per heavy atom. The summed E-state index contributed by atoms with van der Waals surface area (Å²) in [5.41, 5.74) is 0.676. The van der Waals surface area contributed by atoms with E-state index in [0.29, 0.717) is 16.9 Å². The molecular weight excluding hydrogens is 327 g/mol. The first-order valence-corrected chi connectivity index (χ1v) is 7.16. The summed E-state index contributed by atoms with van der Waals surface area (Å²) in [5, 5.41) is 12.7. The van der Waals surface area contributed by atoms with Gasteiger partial charge in [-0.2, -0.15) is 0 Å². The normalized spacial score (nSPS) is 10.2. The summed E-state index contributed by atoms with van der Waals surface area (Å²) in [7, 11) is 0. The van der Waals surface area contributed by atoms with E-state index in [1.54, 1.807) is 6.92 Å². The van der Waals surface area contributed by atoms with Gasteiger partial charge >= 0.3 is 11.0 Å². The van der Waals surface area contributed by atoms with Gasteiger partial charge in [-0.3, -0.25) is 14.9 Å². The van der Waals surface area contributed by atoms with E-state index >= 15 is 0 Å². The quantitative estimate of drug-likeness (QED) is 0.513. The second-order valence-electron chi connectivity index (χ2n) is 4.48. The molecule has 9 heteroatoms. The van der Waals surface area contributed by atoms with Crippen molar-refractivity contribution in [3.63, 3.8) is 0 Å². The fourth-order valence-electron chi connectivity index (χ4n) is 1.61. The molecule has 0 bridgehead atoms. The van der Waals surface area contributed by atoms with Crippen molar-refractivity contribution < 1.29 is 23.6 Å². The molecule has 1 aromatic heterocycles. The average molecular weight is 338 g/mol. The molecule has 0 spiro atoms. The molecule has 0 aliphatic rings. The number of rotatable bonds is 5. The molecule has 23 heavy (non-hydrogen) atoms. The second-order valence-corrected chi connectivity index (χ2v) is 5.55. The van der Waals surface area contributed by atoms with Crippen LogP contribution in [0.15, 0.2) is 30.3 Å². The Hall–Kier alpha value is -2.81. The average Bonchev–Trinajstić information content (AvgIpc) is 2.99. The van der Waals surface area contributed by atoms with Crippen LogP contribution in [-0.4, -0.2) is 23.4 Å². The zero-order chi connectivity index (χ0) is 17.0. The summed E-state index contributed by atoms with van der Waals surface area (Å²) in [5.74, 6) is -1.95. The van der Waals surface area contributed by atoms with E-state index in [4.69, 9.17) is 4.74 Å². The molecule has 0 aliphatic carbocycles. The Bertz CT molecular complexity index is 774. The van der Waals surface area contributed by atoms with Crippen LogP contribution < -0.4 is 5.32 Å². The number of carbonyl (C=O) groups is 2. The summed E-state index contributed by atoms with van der Waals surface area (Å²) in [6, 6.07) is 6.59. The topological polar surface area (TPSA) is 98.5 Å². The lowest BCUT2D eigenvalue weighted by Gasteiger charge is -2.06.